The normalized spacial score (nSPS) is 36.8. The highest BCUT2D eigenvalue weighted by Crippen LogP contribution is 2.41. The Morgan fingerprint density at radius 2 is 1.93 bits per heavy atom. The van der Waals surface area contributed by atoms with Crippen LogP contribution in [-0.4, -0.2) is 59.2 Å². The zero-order valence-electron chi connectivity index (χ0n) is 17.2. The molecular formula is C21H31ClN4O4. The predicted molar refractivity (Wildman–Crippen MR) is 111 cm³/mol. The summed E-state index contributed by atoms with van der Waals surface area (Å²) in [5.74, 6) is -0.159. The van der Waals surface area contributed by atoms with Crippen LogP contribution in [0.15, 0.2) is 0 Å². The number of likely N-dealkylation sites (tertiary alicyclic amines) is 1. The molecule has 2 saturated carbocycles. The molecule has 166 valence electrons. The number of carbonyl (C=O) groups is 4. The zero-order valence-corrected chi connectivity index (χ0v) is 18.0. The van der Waals surface area contributed by atoms with Crippen LogP contribution in [0.5, 0.6) is 0 Å². The van der Waals surface area contributed by atoms with Crippen molar-refractivity contribution in [3.05, 3.63) is 0 Å². The maximum Gasteiger partial charge on any atom is 0.315 e. The van der Waals surface area contributed by atoms with Crippen molar-refractivity contribution in [3.8, 4) is 0 Å². The molecule has 2 saturated heterocycles. The Kier molecular flexibility index (Phi) is 6.51. The monoisotopic (exact) mass is 438 g/mol. The highest BCUT2D eigenvalue weighted by molar-refractivity contribution is 6.20. The van der Waals surface area contributed by atoms with Crippen molar-refractivity contribution in [2.24, 2.45) is 17.8 Å². The van der Waals surface area contributed by atoms with Crippen molar-refractivity contribution in [2.45, 2.75) is 75.2 Å². The molecule has 2 heterocycles. The van der Waals surface area contributed by atoms with Gasteiger partial charge in [-0.15, -0.1) is 11.6 Å². The Morgan fingerprint density at radius 3 is 2.70 bits per heavy atom. The van der Waals surface area contributed by atoms with Crippen LogP contribution in [-0.2, 0) is 14.4 Å². The third kappa shape index (κ3) is 4.74. The topological polar surface area (TPSA) is 108 Å². The number of alkyl halides is 1. The van der Waals surface area contributed by atoms with E-state index in [1.165, 1.54) is 0 Å². The van der Waals surface area contributed by atoms with Gasteiger partial charge in [0, 0.05) is 36.8 Å². The van der Waals surface area contributed by atoms with Gasteiger partial charge in [0.05, 0.1) is 0 Å². The van der Waals surface area contributed by atoms with Gasteiger partial charge in [0.25, 0.3) is 0 Å². The first-order chi connectivity index (χ1) is 14.4. The second-order valence-corrected chi connectivity index (χ2v) is 9.94. The van der Waals surface area contributed by atoms with E-state index in [9.17, 15) is 19.2 Å². The van der Waals surface area contributed by atoms with E-state index in [4.69, 9.17) is 11.6 Å². The molecule has 4 rings (SSSR count). The van der Waals surface area contributed by atoms with Crippen LogP contribution in [0.1, 0.15) is 57.8 Å². The molecule has 2 aliphatic heterocycles. The van der Waals surface area contributed by atoms with Crippen LogP contribution in [0.3, 0.4) is 0 Å². The smallest absolute Gasteiger partial charge is 0.315 e. The van der Waals surface area contributed by atoms with Gasteiger partial charge in [0.2, 0.25) is 17.7 Å². The lowest BCUT2D eigenvalue weighted by molar-refractivity contribution is -0.144. The molecule has 4 fully saturated rings. The average Bonchev–Trinajstić information content (AvgIpc) is 3.02. The van der Waals surface area contributed by atoms with Crippen molar-refractivity contribution in [2.75, 3.05) is 13.1 Å². The lowest BCUT2D eigenvalue weighted by atomic mass is 9.75. The Bertz CT molecular complexity index is 717. The molecule has 0 aromatic carbocycles. The number of carbonyl (C=O) groups excluding carboxylic acids is 4. The third-order valence-corrected chi connectivity index (χ3v) is 7.61. The molecule has 6 unspecified atom stereocenters. The summed E-state index contributed by atoms with van der Waals surface area (Å²) < 4.78 is 0. The molecule has 6 atom stereocenters. The minimum atomic E-state index is -0.524. The van der Waals surface area contributed by atoms with Gasteiger partial charge in [-0.2, -0.15) is 0 Å². The van der Waals surface area contributed by atoms with Crippen LogP contribution in [0.2, 0.25) is 0 Å². The minimum absolute atomic E-state index is 0.0269. The Balaban J connectivity index is 1.25. The molecule has 0 spiro atoms. The molecular weight excluding hydrogens is 408 g/mol. The summed E-state index contributed by atoms with van der Waals surface area (Å²) in [6.45, 7) is 1.15. The number of imide groups is 1. The SMILES string of the molecule is O=C1CCC(N2CC3CCC(CNC(=O)NC4CCCC(Cl)C4)CC3C2=O)C(=O)N1. The molecule has 0 aromatic heterocycles. The molecule has 8 nitrogen and oxygen atoms in total. The molecule has 30 heavy (non-hydrogen) atoms. The zero-order chi connectivity index (χ0) is 21.3. The van der Waals surface area contributed by atoms with Gasteiger partial charge in [-0.05, 0) is 63.2 Å². The van der Waals surface area contributed by atoms with E-state index in [2.05, 4.69) is 16.0 Å². The maximum atomic E-state index is 13.0. The molecule has 5 amide bonds. The number of hydrogen-bond donors (Lipinski definition) is 3. The number of urea groups is 1. The highest BCUT2D eigenvalue weighted by Gasteiger charge is 2.48. The number of hydrogen-bond acceptors (Lipinski definition) is 4. The van der Waals surface area contributed by atoms with Crippen molar-refractivity contribution < 1.29 is 19.2 Å². The molecule has 3 N–H and O–H groups in total. The maximum absolute atomic E-state index is 13.0. The van der Waals surface area contributed by atoms with Crippen molar-refractivity contribution in [3.63, 3.8) is 0 Å². The van der Waals surface area contributed by atoms with Crippen LogP contribution in [0, 0.1) is 17.8 Å². The lowest BCUT2D eigenvalue weighted by Crippen LogP contribution is -2.53. The fourth-order valence-electron chi connectivity index (χ4n) is 5.58. The standard InChI is InChI=1S/C21H31ClN4O4/c22-14-2-1-3-15(9-14)24-21(30)23-10-12-4-5-13-11-26(20(29)16(13)8-12)17-6-7-18(27)25-19(17)28/h12-17H,1-11H2,(H2,23,24,30)(H,25,27,28). The molecule has 0 radical (unpaired) electrons. The summed E-state index contributed by atoms with van der Waals surface area (Å²) in [6.07, 6.45) is 7.14. The summed E-state index contributed by atoms with van der Waals surface area (Å²) in [6, 6.07) is -0.546. The number of rotatable bonds is 4. The number of amides is 5. The predicted octanol–water partition coefficient (Wildman–Crippen LogP) is 1.52. The molecule has 0 bridgehead atoms. The van der Waals surface area contributed by atoms with Gasteiger partial charge in [0.15, 0.2) is 0 Å². The summed E-state index contributed by atoms with van der Waals surface area (Å²) in [5.41, 5.74) is 0. The first-order valence-electron chi connectivity index (χ1n) is 11.2. The fourth-order valence-corrected chi connectivity index (χ4v) is 5.95. The number of nitrogens with one attached hydrogen (secondary N) is 3. The van der Waals surface area contributed by atoms with Gasteiger partial charge >= 0.3 is 6.03 Å². The van der Waals surface area contributed by atoms with Crippen molar-refractivity contribution >= 4 is 35.4 Å². The van der Waals surface area contributed by atoms with Crippen LogP contribution < -0.4 is 16.0 Å². The van der Waals surface area contributed by atoms with E-state index in [1.807, 2.05) is 0 Å². The van der Waals surface area contributed by atoms with Gasteiger partial charge in [-0.3, -0.25) is 19.7 Å². The minimum Gasteiger partial charge on any atom is -0.338 e. The van der Waals surface area contributed by atoms with E-state index >= 15 is 0 Å². The van der Waals surface area contributed by atoms with Crippen LogP contribution >= 0.6 is 11.6 Å². The lowest BCUT2D eigenvalue weighted by Gasteiger charge is -2.30. The molecule has 4 aliphatic rings. The Hall–Kier alpha value is -1.83. The van der Waals surface area contributed by atoms with Gasteiger partial charge < -0.3 is 15.5 Å². The number of fused-ring (bicyclic) bond motifs is 1. The van der Waals surface area contributed by atoms with Gasteiger partial charge in [0.1, 0.15) is 6.04 Å². The van der Waals surface area contributed by atoms with E-state index in [1.54, 1.807) is 4.90 Å². The van der Waals surface area contributed by atoms with E-state index in [-0.39, 0.29) is 59.3 Å². The Morgan fingerprint density at radius 1 is 1.10 bits per heavy atom. The summed E-state index contributed by atoms with van der Waals surface area (Å²) in [5, 5.41) is 8.49. The number of piperidine rings is 1. The Labute approximate surface area is 181 Å². The molecule has 2 aliphatic carbocycles. The molecule has 0 aromatic rings. The molecule has 9 heteroatoms. The van der Waals surface area contributed by atoms with E-state index in [0.29, 0.717) is 19.5 Å². The average molecular weight is 439 g/mol. The van der Waals surface area contributed by atoms with Crippen molar-refractivity contribution in [1.29, 1.82) is 0 Å². The largest absolute Gasteiger partial charge is 0.338 e. The van der Waals surface area contributed by atoms with Crippen LogP contribution in [0.25, 0.3) is 0 Å². The fraction of sp³-hybridized carbons (Fsp3) is 0.810. The quantitative estimate of drug-likeness (QED) is 0.456. The van der Waals surface area contributed by atoms with Gasteiger partial charge in [-0.25, -0.2) is 4.79 Å². The van der Waals surface area contributed by atoms with Crippen molar-refractivity contribution in [1.82, 2.24) is 20.9 Å². The van der Waals surface area contributed by atoms with E-state index < -0.39 is 6.04 Å². The van der Waals surface area contributed by atoms with E-state index in [0.717, 1.165) is 44.9 Å². The number of halogens is 1. The summed E-state index contributed by atoms with van der Waals surface area (Å²) in [4.78, 5) is 50.5. The third-order valence-electron chi connectivity index (χ3n) is 7.22. The first kappa shape index (κ1) is 21.4. The summed E-state index contributed by atoms with van der Waals surface area (Å²) >= 11 is 6.19. The van der Waals surface area contributed by atoms with Gasteiger partial charge in [-0.1, -0.05) is 0 Å². The first-order valence-corrected chi connectivity index (χ1v) is 11.7. The summed E-state index contributed by atoms with van der Waals surface area (Å²) in [7, 11) is 0. The number of nitrogens with zero attached hydrogens (tertiary/aromatic N) is 1. The second-order valence-electron chi connectivity index (χ2n) is 9.32. The van der Waals surface area contributed by atoms with Crippen LogP contribution in [0.4, 0.5) is 4.79 Å². The highest BCUT2D eigenvalue weighted by atomic mass is 35.5. The second kappa shape index (κ2) is 9.12.